The molecule has 0 unspecified atom stereocenters. The van der Waals surface area contributed by atoms with E-state index in [0.717, 1.165) is 47.7 Å². The van der Waals surface area contributed by atoms with Crippen molar-refractivity contribution in [3.8, 4) is 11.4 Å². The number of nitrogens with zero attached hydrogens (tertiary/aromatic N) is 3. The number of hydrogen-bond acceptors (Lipinski definition) is 6. The van der Waals surface area contributed by atoms with Crippen LogP contribution in [-0.4, -0.2) is 33.4 Å². The molecule has 2 aromatic carbocycles. The molecule has 0 bridgehead atoms. The molecule has 0 saturated heterocycles. The van der Waals surface area contributed by atoms with Crippen LogP contribution in [0.1, 0.15) is 22.9 Å². The van der Waals surface area contributed by atoms with Crippen molar-refractivity contribution < 1.29 is 4.74 Å². The molecule has 1 aliphatic rings. The predicted octanol–water partition coefficient (Wildman–Crippen LogP) is 5.68. The summed E-state index contributed by atoms with van der Waals surface area (Å²) in [5.74, 6) is 1.48. The van der Waals surface area contributed by atoms with E-state index in [2.05, 4.69) is 35.7 Å². The van der Waals surface area contributed by atoms with Gasteiger partial charge in [-0.15, -0.1) is 17.9 Å². The van der Waals surface area contributed by atoms with Crippen LogP contribution in [0.5, 0.6) is 5.75 Å². The Hall–Kier alpha value is -2.87. The summed E-state index contributed by atoms with van der Waals surface area (Å²) in [5, 5.41) is 1.47. The highest BCUT2D eigenvalue weighted by atomic mass is 32.2. The quantitative estimate of drug-likeness (QED) is 0.181. The molecule has 0 radical (unpaired) electrons. The monoisotopic (exact) mass is 489 g/mol. The van der Waals surface area contributed by atoms with E-state index in [4.69, 9.17) is 9.72 Å². The molecule has 3 heterocycles. The lowest BCUT2D eigenvalue weighted by atomic mass is 10.0. The van der Waals surface area contributed by atoms with Gasteiger partial charge in [-0.1, -0.05) is 48.2 Å². The second kappa shape index (κ2) is 10.2. The van der Waals surface area contributed by atoms with Gasteiger partial charge in [-0.25, -0.2) is 4.98 Å². The summed E-state index contributed by atoms with van der Waals surface area (Å²) in [6.07, 6.45) is 2.70. The van der Waals surface area contributed by atoms with Gasteiger partial charge in [-0.3, -0.25) is 14.3 Å². The number of thiophene rings is 1. The Morgan fingerprint density at radius 1 is 1.18 bits per heavy atom. The number of aromatic nitrogens is 2. The maximum atomic E-state index is 13.9. The third kappa shape index (κ3) is 4.56. The van der Waals surface area contributed by atoms with E-state index >= 15 is 0 Å². The largest absolute Gasteiger partial charge is 0.494 e. The zero-order chi connectivity index (χ0) is 23.5. The van der Waals surface area contributed by atoms with Crippen LogP contribution in [0.15, 0.2) is 77.2 Å². The van der Waals surface area contributed by atoms with Crippen molar-refractivity contribution in [2.24, 2.45) is 0 Å². The summed E-state index contributed by atoms with van der Waals surface area (Å²) >= 11 is 3.20. The van der Waals surface area contributed by atoms with Gasteiger partial charge in [0.2, 0.25) is 0 Å². The maximum Gasteiger partial charge on any atom is 0.267 e. The number of thioether (sulfide) groups is 1. The van der Waals surface area contributed by atoms with Crippen molar-refractivity contribution >= 4 is 33.3 Å². The highest BCUT2D eigenvalue weighted by molar-refractivity contribution is 7.99. The summed E-state index contributed by atoms with van der Waals surface area (Å²) in [6.45, 7) is 9.10. The maximum absolute atomic E-state index is 13.9. The molecule has 0 saturated carbocycles. The van der Waals surface area contributed by atoms with Gasteiger partial charge < -0.3 is 4.74 Å². The lowest BCUT2D eigenvalue weighted by Gasteiger charge is -2.26. The molecule has 4 aromatic rings. The summed E-state index contributed by atoms with van der Waals surface area (Å²) in [7, 11) is 0. The van der Waals surface area contributed by atoms with E-state index in [1.54, 1.807) is 15.9 Å². The van der Waals surface area contributed by atoms with E-state index in [0.29, 0.717) is 17.5 Å². The van der Waals surface area contributed by atoms with Crippen molar-refractivity contribution in [2.75, 3.05) is 18.9 Å². The van der Waals surface area contributed by atoms with Crippen LogP contribution in [0, 0.1) is 0 Å². The molecule has 7 heteroatoms. The van der Waals surface area contributed by atoms with E-state index in [1.165, 1.54) is 27.8 Å². The molecule has 0 fully saturated rings. The lowest BCUT2D eigenvalue weighted by molar-refractivity contribution is 0.249. The standard InChI is InChI=1S/C27H27N3O2S2/c1-3-16-33-27-28-25-24(26(31)30(27)20-10-12-21(13-11-20)32-4-2)22-14-15-29(18-23(22)34-25)17-19-8-6-5-7-9-19/h3,5-13H,1,4,14-18H2,2H3. The Morgan fingerprint density at radius 2 is 1.97 bits per heavy atom. The van der Waals surface area contributed by atoms with Crippen LogP contribution in [-0.2, 0) is 19.5 Å². The molecule has 0 amide bonds. The summed E-state index contributed by atoms with van der Waals surface area (Å²) < 4.78 is 7.33. The minimum Gasteiger partial charge on any atom is -0.494 e. The first-order valence-corrected chi connectivity index (χ1v) is 13.3. The summed E-state index contributed by atoms with van der Waals surface area (Å²) in [5.41, 5.74) is 3.29. The van der Waals surface area contributed by atoms with Gasteiger partial charge >= 0.3 is 0 Å². The summed E-state index contributed by atoms with van der Waals surface area (Å²) in [6, 6.07) is 18.2. The van der Waals surface area contributed by atoms with Gasteiger partial charge in [0.15, 0.2) is 5.16 Å². The topological polar surface area (TPSA) is 47.4 Å². The van der Waals surface area contributed by atoms with Gasteiger partial charge in [-0.2, -0.15) is 0 Å². The van der Waals surface area contributed by atoms with Gasteiger partial charge in [0.25, 0.3) is 5.56 Å². The van der Waals surface area contributed by atoms with Crippen LogP contribution in [0.3, 0.4) is 0 Å². The van der Waals surface area contributed by atoms with Gasteiger partial charge in [0.1, 0.15) is 10.6 Å². The first-order valence-electron chi connectivity index (χ1n) is 11.5. The second-order valence-corrected chi connectivity index (χ2v) is 10.3. The normalized spacial score (nSPS) is 13.7. The molecular formula is C27H27N3O2S2. The fraction of sp³-hybridized carbons (Fsp3) is 0.259. The first kappa shape index (κ1) is 22.9. The zero-order valence-corrected chi connectivity index (χ0v) is 20.8. The van der Waals surface area contributed by atoms with E-state index in [-0.39, 0.29) is 5.56 Å². The molecule has 0 spiro atoms. The van der Waals surface area contributed by atoms with Crippen LogP contribution < -0.4 is 10.3 Å². The smallest absolute Gasteiger partial charge is 0.267 e. The SMILES string of the molecule is C=CCSc1nc2sc3c(c2c(=O)n1-c1ccc(OCC)cc1)CCN(Cc1ccccc1)C3. The number of benzene rings is 2. The zero-order valence-electron chi connectivity index (χ0n) is 19.2. The molecule has 2 aromatic heterocycles. The highest BCUT2D eigenvalue weighted by Crippen LogP contribution is 2.35. The average molecular weight is 490 g/mol. The molecule has 0 N–H and O–H groups in total. The number of ether oxygens (including phenoxy) is 1. The third-order valence-electron chi connectivity index (χ3n) is 5.91. The van der Waals surface area contributed by atoms with Crippen LogP contribution in [0.2, 0.25) is 0 Å². The Labute approximate surface area is 207 Å². The molecule has 0 aliphatic carbocycles. The average Bonchev–Trinajstić information content (AvgIpc) is 3.22. The highest BCUT2D eigenvalue weighted by Gasteiger charge is 2.25. The molecule has 5 nitrogen and oxygen atoms in total. The molecule has 5 rings (SSSR count). The van der Waals surface area contributed by atoms with Crippen molar-refractivity contribution in [3.63, 3.8) is 0 Å². The Kier molecular flexibility index (Phi) is 6.85. The predicted molar refractivity (Wildman–Crippen MR) is 142 cm³/mol. The van der Waals surface area contributed by atoms with Gasteiger partial charge in [0.05, 0.1) is 17.7 Å². The minimum atomic E-state index is 0.00901. The van der Waals surface area contributed by atoms with Crippen molar-refractivity contribution in [3.05, 3.63) is 93.6 Å². The van der Waals surface area contributed by atoms with Gasteiger partial charge in [0, 0.05) is 30.3 Å². The molecular weight excluding hydrogens is 462 g/mol. The molecule has 1 aliphatic heterocycles. The van der Waals surface area contributed by atoms with E-state index in [9.17, 15) is 4.79 Å². The second-order valence-electron chi connectivity index (χ2n) is 8.19. The van der Waals surface area contributed by atoms with Crippen LogP contribution in [0.4, 0.5) is 0 Å². The minimum absolute atomic E-state index is 0.00901. The Morgan fingerprint density at radius 3 is 2.71 bits per heavy atom. The number of hydrogen-bond donors (Lipinski definition) is 0. The number of fused-ring (bicyclic) bond motifs is 3. The van der Waals surface area contributed by atoms with Crippen LogP contribution in [0.25, 0.3) is 15.9 Å². The fourth-order valence-electron chi connectivity index (χ4n) is 4.37. The Balaban J connectivity index is 1.55. The van der Waals surface area contributed by atoms with Crippen molar-refractivity contribution in [2.45, 2.75) is 31.6 Å². The molecule has 0 atom stereocenters. The van der Waals surface area contributed by atoms with Crippen molar-refractivity contribution in [1.82, 2.24) is 14.5 Å². The van der Waals surface area contributed by atoms with Crippen LogP contribution >= 0.6 is 23.1 Å². The Bertz CT molecular complexity index is 1360. The number of rotatable bonds is 8. The molecule has 34 heavy (non-hydrogen) atoms. The third-order valence-corrected chi connectivity index (χ3v) is 7.95. The van der Waals surface area contributed by atoms with E-state index < -0.39 is 0 Å². The van der Waals surface area contributed by atoms with Gasteiger partial charge in [-0.05, 0) is 48.7 Å². The molecule has 174 valence electrons. The lowest BCUT2D eigenvalue weighted by Crippen LogP contribution is -2.30. The first-order chi connectivity index (χ1) is 16.7. The fourth-order valence-corrected chi connectivity index (χ4v) is 6.42. The van der Waals surface area contributed by atoms with E-state index in [1.807, 2.05) is 43.3 Å². The van der Waals surface area contributed by atoms with Crippen molar-refractivity contribution in [1.29, 1.82) is 0 Å². The summed E-state index contributed by atoms with van der Waals surface area (Å²) in [4.78, 5) is 23.4.